The van der Waals surface area contributed by atoms with Crippen LogP contribution in [0.1, 0.15) is 27.2 Å². The molecule has 4 heteroatoms. The Labute approximate surface area is 98.8 Å². The maximum atomic E-state index is 11.5. The zero-order chi connectivity index (χ0) is 12.1. The molecule has 16 heavy (non-hydrogen) atoms. The molecule has 1 fully saturated rings. The molecule has 1 aliphatic rings. The van der Waals surface area contributed by atoms with E-state index in [1.165, 1.54) is 6.42 Å². The van der Waals surface area contributed by atoms with E-state index in [0.29, 0.717) is 12.0 Å². The van der Waals surface area contributed by atoms with Crippen molar-refractivity contribution in [1.29, 1.82) is 0 Å². The molecule has 1 unspecified atom stereocenters. The first-order valence-electron chi connectivity index (χ1n) is 6.24. The van der Waals surface area contributed by atoms with Crippen LogP contribution in [0.5, 0.6) is 0 Å². The number of amides is 1. The van der Waals surface area contributed by atoms with Crippen molar-refractivity contribution < 1.29 is 4.79 Å². The van der Waals surface area contributed by atoms with Crippen LogP contribution >= 0.6 is 0 Å². The molecule has 0 saturated carbocycles. The number of carbonyl (C=O) groups is 1. The second-order valence-corrected chi connectivity index (χ2v) is 5.01. The van der Waals surface area contributed by atoms with Gasteiger partial charge in [-0.05, 0) is 32.7 Å². The van der Waals surface area contributed by atoms with Crippen molar-refractivity contribution in [3.8, 4) is 0 Å². The Bertz CT molecular complexity index is 230. The lowest BCUT2D eigenvalue weighted by atomic mass is 10.1. The van der Waals surface area contributed by atoms with Gasteiger partial charge in [0.15, 0.2) is 0 Å². The summed E-state index contributed by atoms with van der Waals surface area (Å²) in [4.78, 5) is 15.8. The number of rotatable bonds is 5. The van der Waals surface area contributed by atoms with Crippen LogP contribution in [0, 0.1) is 5.92 Å². The SMILES string of the molecule is CC(=O)N(CC1CCN(CCN)C1)C(C)C. The Morgan fingerprint density at radius 1 is 1.56 bits per heavy atom. The molecule has 0 spiro atoms. The standard InChI is InChI=1S/C12H25N3O/c1-10(2)15(11(3)16)9-12-4-6-14(8-12)7-5-13/h10,12H,4-9,13H2,1-3H3. The molecule has 1 atom stereocenters. The van der Waals surface area contributed by atoms with Gasteiger partial charge in [-0.25, -0.2) is 0 Å². The molecule has 0 radical (unpaired) electrons. The summed E-state index contributed by atoms with van der Waals surface area (Å²) in [5.74, 6) is 0.810. The van der Waals surface area contributed by atoms with Crippen molar-refractivity contribution >= 4 is 5.91 Å². The van der Waals surface area contributed by atoms with E-state index in [0.717, 1.165) is 32.7 Å². The van der Waals surface area contributed by atoms with E-state index in [9.17, 15) is 4.79 Å². The number of likely N-dealkylation sites (tertiary alicyclic amines) is 1. The Morgan fingerprint density at radius 2 is 2.25 bits per heavy atom. The molecular weight excluding hydrogens is 202 g/mol. The van der Waals surface area contributed by atoms with E-state index in [-0.39, 0.29) is 5.91 Å². The third kappa shape index (κ3) is 3.76. The second-order valence-electron chi connectivity index (χ2n) is 5.01. The van der Waals surface area contributed by atoms with Gasteiger partial charge in [0, 0.05) is 39.1 Å². The van der Waals surface area contributed by atoms with Crippen molar-refractivity contribution in [1.82, 2.24) is 9.80 Å². The summed E-state index contributed by atoms with van der Waals surface area (Å²) < 4.78 is 0. The van der Waals surface area contributed by atoms with E-state index in [2.05, 4.69) is 18.7 Å². The van der Waals surface area contributed by atoms with Gasteiger partial charge in [-0.3, -0.25) is 4.79 Å². The Kier molecular flexibility index (Phi) is 5.22. The van der Waals surface area contributed by atoms with E-state index in [1.54, 1.807) is 6.92 Å². The Hall–Kier alpha value is -0.610. The van der Waals surface area contributed by atoms with Gasteiger partial charge in [0.2, 0.25) is 5.91 Å². The van der Waals surface area contributed by atoms with Crippen molar-refractivity contribution in [2.75, 3.05) is 32.7 Å². The van der Waals surface area contributed by atoms with Gasteiger partial charge in [-0.1, -0.05) is 0 Å². The van der Waals surface area contributed by atoms with Crippen molar-refractivity contribution in [3.63, 3.8) is 0 Å². The highest BCUT2D eigenvalue weighted by molar-refractivity contribution is 5.73. The predicted molar refractivity (Wildman–Crippen MR) is 66.1 cm³/mol. The first kappa shape index (κ1) is 13.5. The molecule has 1 rings (SSSR count). The monoisotopic (exact) mass is 227 g/mol. The number of nitrogens with two attached hydrogens (primary N) is 1. The molecule has 0 aromatic carbocycles. The fraction of sp³-hybridized carbons (Fsp3) is 0.917. The van der Waals surface area contributed by atoms with Crippen LogP contribution in [-0.2, 0) is 4.79 Å². The van der Waals surface area contributed by atoms with Gasteiger partial charge in [-0.15, -0.1) is 0 Å². The zero-order valence-electron chi connectivity index (χ0n) is 10.8. The van der Waals surface area contributed by atoms with E-state index in [4.69, 9.17) is 5.73 Å². The third-order valence-corrected chi connectivity index (χ3v) is 3.30. The lowest BCUT2D eigenvalue weighted by molar-refractivity contribution is -0.131. The Morgan fingerprint density at radius 3 is 2.75 bits per heavy atom. The highest BCUT2D eigenvalue weighted by Crippen LogP contribution is 2.18. The van der Waals surface area contributed by atoms with Crippen LogP contribution in [-0.4, -0.2) is 54.5 Å². The van der Waals surface area contributed by atoms with Crippen LogP contribution in [0.4, 0.5) is 0 Å². The minimum atomic E-state index is 0.187. The molecule has 0 aromatic heterocycles. The van der Waals surface area contributed by atoms with Gasteiger partial charge in [0.05, 0.1) is 0 Å². The summed E-state index contributed by atoms with van der Waals surface area (Å²) in [5, 5.41) is 0. The smallest absolute Gasteiger partial charge is 0.219 e. The van der Waals surface area contributed by atoms with Crippen LogP contribution in [0.3, 0.4) is 0 Å². The predicted octanol–water partition coefficient (Wildman–Crippen LogP) is 0.524. The topological polar surface area (TPSA) is 49.6 Å². The second kappa shape index (κ2) is 6.21. The summed E-state index contributed by atoms with van der Waals surface area (Å²) >= 11 is 0. The maximum Gasteiger partial charge on any atom is 0.219 e. The minimum absolute atomic E-state index is 0.187. The van der Waals surface area contributed by atoms with Crippen molar-refractivity contribution in [2.24, 2.45) is 11.7 Å². The molecule has 0 aliphatic carbocycles. The molecule has 4 nitrogen and oxygen atoms in total. The molecule has 0 bridgehead atoms. The molecule has 2 N–H and O–H groups in total. The fourth-order valence-corrected chi connectivity index (χ4v) is 2.43. The summed E-state index contributed by atoms with van der Waals surface area (Å²) in [5.41, 5.74) is 5.55. The first-order chi connectivity index (χ1) is 7.54. The van der Waals surface area contributed by atoms with Gasteiger partial charge in [0.1, 0.15) is 0 Å². The first-order valence-corrected chi connectivity index (χ1v) is 6.24. The van der Waals surface area contributed by atoms with E-state index in [1.807, 2.05) is 4.90 Å². The van der Waals surface area contributed by atoms with Crippen LogP contribution in [0.15, 0.2) is 0 Å². The third-order valence-electron chi connectivity index (χ3n) is 3.30. The molecule has 0 aromatic rings. The van der Waals surface area contributed by atoms with E-state index < -0.39 is 0 Å². The molecule has 1 saturated heterocycles. The molecule has 1 heterocycles. The number of hydrogen-bond acceptors (Lipinski definition) is 3. The number of hydrogen-bond donors (Lipinski definition) is 1. The average molecular weight is 227 g/mol. The molecule has 1 aliphatic heterocycles. The fourth-order valence-electron chi connectivity index (χ4n) is 2.43. The molecular formula is C12H25N3O. The van der Waals surface area contributed by atoms with Crippen molar-refractivity contribution in [3.05, 3.63) is 0 Å². The van der Waals surface area contributed by atoms with Gasteiger partial charge >= 0.3 is 0 Å². The number of nitrogens with zero attached hydrogens (tertiary/aromatic N) is 2. The van der Waals surface area contributed by atoms with Crippen molar-refractivity contribution in [2.45, 2.75) is 33.2 Å². The minimum Gasteiger partial charge on any atom is -0.340 e. The van der Waals surface area contributed by atoms with Crippen LogP contribution in [0.25, 0.3) is 0 Å². The summed E-state index contributed by atoms with van der Waals surface area (Å²) in [6.45, 7) is 10.6. The Balaban J connectivity index is 2.39. The highest BCUT2D eigenvalue weighted by Gasteiger charge is 2.25. The molecule has 94 valence electrons. The lowest BCUT2D eigenvalue weighted by Gasteiger charge is -2.28. The molecule has 1 amide bonds. The van der Waals surface area contributed by atoms with Crippen LogP contribution < -0.4 is 5.73 Å². The quantitative estimate of drug-likeness (QED) is 0.745. The summed E-state index contributed by atoms with van der Waals surface area (Å²) in [6.07, 6.45) is 1.19. The zero-order valence-corrected chi connectivity index (χ0v) is 10.8. The normalized spacial score (nSPS) is 21.7. The summed E-state index contributed by atoms with van der Waals surface area (Å²) in [7, 11) is 0. The number of carbonyl (C=O) groups excluding carboxylic acids is 1. The summed E-state index contributed by atoms with van der Waals surface area (Å²) in [6, 6.07) is 0.307. The highest BCUT2D eigenvalue weighted by atomic mass is 16.2. The van der Waals surface area contributed by atoms with Crippen LogP contribution in [0.2, 0.25) is 0 Å². The average Bonchev–Trinajstić information content (AvgIpc) is 2.61. The van der Waals surface area contributed by atoms with Gasteiger partial charge in [0.25, 0.3) is 0 Å². The maximum absolute atomic E-state index is 11.5. The lowest BCUT2D eigenvalue weighted by Crippen LogP contribution is -2.39. The largest absolute Gasteiger partial charge is 0.340 e. The van der Waals surface area contributed by atoms with Gasteiger partial charge < -0.3 is 15.5 Å². The van der Waals surface area contributed by atoms with Gasteiger partial charge in [-0.2, -0.15) is 0 Å². The van der Waals surface area contributed by atoms with E-state index >= 15 is 0 Å².